The number of piperidine rings is 1. The zero-order valence-electron chi connectivity index (χ0n) is 15.7. The predicted molar refractivity (Wildman–Crippen MR) is 108 cm³/mol. The van der Waals surface area contributed by atoms with Crippen LogP contribution >= 0.6 is 0 Å². The normalized spacial score (nSPS) is 25.6. The molecule has 4 rings (SSSR count). The van der Waals surface area contributed by atoms with Gasteiger partial charge in [0.25, 0.3) is 0 Å². The van der Waals surface area contributed by atoms with Crippen molar-refractivity contribution in [2.24, 2.45) is 5.92 Å². The van der Waals surface area contributed by atoms with Crippen molar-refractivity contribution in [2.75, 3.05) is 13.2 Å². The Morgan fingerprint density at radius 1 is 0.963 bits per heavy atom. The molecule has 0 saturated carbocycles. The Balaban J connectivity index is 1.36. The van der Waals surface area contributed by atoms with Crippen molar-refractivity contribution in [3.63, 3.8) is 0 Å². The van der Waals surface area contributed by atoms with Crippen LogP contribution in [0.15, 0.2) is 66.7 Å². The number of hydrogen-bond acceptors (Lipinski definition) is 3. The number of morpholine rings is 1. The van der Waals surface area contributed by atoms with Gasteiger partial charge in [0.2, 0.25) is 0 Å². The maximum absolute atomic E-state index is 12.8. The lowest BCUT2D eigenvalue weighted by Gasteiger charge is -2.48. The van der Waals surface area contributed by atoms with E-state index < -0.39 is 0 Å². The van der Waals surface area contributed by atoms with E-state index in [0.717, 1.165) is 38.2 Å². The summed E-state index contributed by atoms with van der Waals surface area (Å²) in [6, 6.07) is 21.5. The van der Waals surface area contributed by atoms with Gasteiger partial charge in [0.05, 0.1) is 13.2 Å². The highest BCUT2D eigenvalue weighted by molar-refractivity contribution is 5.83. The molecule has 2 fully saturated rings. The molecule has 2 atom stereocenters. The summed E-state index contributed by atoms with van der Waals surface area (Å²) in [6.45, 7) is 2.44. The second kappa shape index (κ2) is 8.64. The smallest absolute Gasteiger partial charge is 0.139 e. The Morgan fingerprint density at radius 3 is 2.26 bits per heavy atom. The fraction of sp³-hybridized carbons (Fsp3) is 0.375. The second-order valence-corrected chi connectivity index (χ2v) is 7.65. The zero-order chi connectivity index (χ0) is 18.5. The van der Waals surface area contributed by atoms with Gasteiger partial charge in [-0.1, -0.05) is 72.8 Å². The lowest BCUT2D eigenvalue weighted by atomic mass is 9.81. The molecular formula is C24H27NO2. The highest BCUT2D eigenvalue weighted by atomic mass is 16.5. The van der Waals surface area contributed by atoms with E-state index >= 15 is 0 Å². The van der Waals surface area contributed by atoms with Crippen molar-refractivity contribution in [3.8, 4) is 0 Å². The van der Waals surface area contributed by atoms with Crippen LogP contribution in [0.5, 0.6) is 0 Å². The Kier molecular flexibility index (Phi) is 5.81. The highest BCUT2D eigenvalue weighted by Gasteiger charge is 2.40. The van der Waals surface area contributed by atoms with Gasteiger partial charge in [0, 0.05) is 31.0 Å². The van der Waals surface area contributed by atoms with Crippen LogP contribution in [0, 0.1) is 5.92 Å². The zero-order valence-corrected chi connectivity index (χ0v) is 15.7. The van der Waals surface area contributed by atoms with Gasteiger partial charge in [-0.2, -0.15) is 0 Å². The number of allylic oxidation sites excluding steroid dienone is 1. The molecule has 2 bridgehead atoms. The van der Waals surface area contributed by atoms with Crippen LogP contribution in [-0.2, 0) is 16.1 Å². The van der Waals surface area contributed by atoms with E-state index in [-0.39, 0.29) is 5.92 Å². The van der Waals surface area contributed by atoms with Crippen LogP contribution in [0.25, 0.3) is 6.08 Å². The Bertz CT molecular complexity index is 757. The summed E-state index contributed by atoms with van der Waals surface area (Å²) in [5, 5.41) is 0. The fourth-order valence-electron chi connectivity index (χ4n) is 4.35. The van der Waals surface area contributed by atoms with Crippen molar-refractivity contribution in [3.05, 3.63) is 77.9 Å². The van der Waals surface area contributed by atoms with E-state index in [9.17, 15) is 4.79 Å². The number of carbonyl (C=O) groups excluding carboxylic acids is 1. The van der Waals surface area contributed by atoms with Crippen LogP contribution in [0.1, 0.15) is 30.4 Å². The summed E-state index contributed by atoms with van der Waals surface area (Å²) in [4.78, 5) is 15.3. The Labute approximate surface area is 161 Å². The summed E-state index contributed by atoms with van der Waals surface area (Å²) >= 11 is 0. The predicted octanol–water partition coefficient (Wildman–Crippen LogP) is 4.34. The van der Waals surface area contributed by atoms with Crippen LogP contribution < -0.4 is 0 Å². The molecule has 2 unspecified atom stereocenters. The maximum atomic E-state index is 12.8. The molecule has 0 spiro atoms. The van der Waals surface area contributed by atoms with Crippen LogP contribution in [-0.4, -0.2) is 36.0 Å². The largest absolute Gasteiger partial charge is 0.378 e. The molecule has 3 nitrogen and oxygen atoms in total. The van der Waals surface area contributed by atoms with E-state index in [1.54, 1.807) is 0 Å². The van der Waals surface area contributed by atoms with Crippen molar-refractivity contribution >= 4 is 11.9 Å². The standard InChI is InChI=1S/C24H27NO2/c26-24(13-7-12-19-8-3-1-4-9-19)21-14-22-17-27-18-23(15-21)25(22)16-20-10-5-2-6-11-20/h1-12,21-23H,13-18H2/b12-7+. The second-order valence-electron chi connectivity index (χ2n) is 7.65. The van der Waals surface area contributed by atoms with E-state index in [2.05, 4.69) is 47.4 Å². The number of Topliss-reactive ketones (excluding diaryl/α,β-unsaturated/α-hetero) is 1. The number of hydrogen-bond donors (Lipinski definition) is 0. The molecule has 0 radical (unpaired) electrons. The molecule has 0 amide bonds. The first-order chi connectivity index (χ1) is 13.3. The molecular weight excluding hydrogens is 334 g/mol. The van der Waals surface area contributed by atoms with Gasteiger partial charge < -0.3 is 4.74 Å². The third kappa shape index (κ3) is 4.55. The van der Waals surface area contributed by atoms with Crippen LogP contribution in [0.3, 0.4) is 0 Å². The molecule has 2 aromatic carbocycles. The third-order valence-corrected chi connectivity index (χ3v) is 5.76. The minimum Gasteiger partial charge on any atom is -0.378 e. The molecule has 0 N–H and O–H groups in total. The first-order valence-electron chi connectivity index (χ1n) is 9.91. The van der Waals surface area contributed by atoms with Gasteiger partial charge in [-0.25, -0.2) is 0 Å². The molecule has 27 heavy (non-hydrogen) atoms. The average Bonchev–Trinajstić information content (AvgIpc) is 2.69. The van der Waals surface area contributed by atoms with E-state index in [4.69, 9.17) is 4.74 Å². The summed E-state index contributed by atoms with van der Waals surface area (Å²) in [5.41, 5.74) is 2.48. The van der Waals surface area contributed by atoms with Crippen molar-refractivity contribution in [1.29, 1.82) is 0 Å². The van der Waals surface area contributed by atoms with Gasteiger partial charge in [-0.15, -0.1) is 0 Å². The summed E-state index contributed by atoms with van der Waals surface area (Å²) < 4.78 is 5.80. The number of carbonyl (C=O) groups is 1. The Morgan fingerprint density at radius 2 is 1.59 bits per heavy atom. The molecule has 2 aliphatic heterocycles. The van der Waals surface area contributed by atoms with Gasteiger partial charge in [-0.05, 0) is 24.0 Å². The van der Waals surface area contributed by atoms with Crippen molar-refractivity contribution in [1.82, 2.24) is 4.90 Å². The summed E-state index contributed by atoms with van der Waals surface area (Å²) in [5.74, 6) is 0.537. The van der Waals surface area contributed by atoms with E-state index in [1.807, 2.05) is 30.4 Å². The Hall–Kier alpha value is -2.23. The first-order valence-corrected chi connectivity index (χ1v) is 9.91. The molecule has 2 heterocycles. The molecule has 2 aromatic rings. The number of benzene rings is 2. The average molecular weight is 361 g/mol. The monoisotopic (exact) mass is 361 g/mol. The SMILES string of the molecule is O=C(C/C=C/c1ccccc1)C1CC2COCC(C1)N2Cc1ccccc1. The minimum absolute atomic E-state index is 0.163. The van der Waals surface area contributed by atoms with Crippen molar-refractivity contribution < 1.29 is 9.53 Å². The molecule has 140 valence electrons. The number of nitrogens with zero attached hydrogens (tertiary/aromatic N) is 1. The van der Waals surface area contributed by atoms with Gasteiger partial charge >= 0.3 is 0 Å². The highest BCUT2D eigenvalue weighted by Crippen LogP contribution is 2.34. The lowest BCUT2D eigenvalue weighted by molar-refractivity contribution is -0.132. The van der Waals surface area contributed by atoms with E-state index in [0.29, 0.717) is 24.3 Å². The van der Waals surface area contributed by atoms with Crippen LogP contribution in [0.4, 0.5) is 0 Å². The maximum Gasteiger partial charge on any atom is 0.139 e. The fourth-order valence-corrected chi connectivity index (χ4v) is 4.35. The number of fused-ring (bicyclic) bond motifs is 2. The molecule has 3 heteroatoms. The van der Waals surface area contributed by atoms with Gasteiger partial charge in [0.15, 0.2) is 0 Å². The van der Waals surface area contributed by atoms with Crippen LogP contribution in [0.2, 0.25) is 0 Å². The first kappa shape index (κ1) is 18.1. The number of ketones is 1. The topological polar surface area (TPSA) is 29.5 Å². The number of rotatable bonds is 6. The summed E-state index contributed by atoms with van der Waals surface area (Å²) in [6.07, 6.45) is 6.42. The van der Waals surface area contributed by atoms with Gasteiger partial charge in [0.1, 0.15) is 5.78 Å². The van der Waals surface area contributed by atoms with E-state index in [1.165, 1.54) is 5.56 Å². The molecule has 0 aromatic heterocycles. The lowest BCUT2D eigenvalue weighted by Crippen LogP contribution is -2.57. The summed E-state index contributed by atoms with van der Waals surface area (Å²) in [7, 11) is 0. The van der Waals surface area contributed by atoms with Gasteiger partial charge in [-0.3, -0.25) is 9.69 Å². The molecule has 0 aliphatic carbocycles. The quantitative estimate of drug-likeness (QED) is 0.767. The third-order valence-electron chi connectivity index (χ3n) is 5.76. The number of ether oxygens (including phenoxy) is 1. The molecule has 2 aliphatic rings. The molecule has 2 saturated heterocycles. The van der Waals surface area contributed by atoms with Crippen molar-refractivity contribution in [2.45, 2.75) is 37.9 Å². The minimum atomic E-state index is 0.163.